The maximum Gasteiger partial charge on any atom is 0.134 e. The van der Waals surface area contributed by atoms with Gasteiger partial charge in [0.25, 0.3) is 0 Å². The summed E-state index contributed by atoms with van der Waals surface area (Å²) in [5, 5.41) is 4.01. The van der Waals surface area contributed by atoms with E-state index in [1.54, 1.807) is 7.05 Å². The first-order valence-corrected chi connectivity index (χ1v) is 6.70. The summed E-state index contributed by atoms with van der Waals surface area (Å²) in [6.45, 7) is 2.00. The minimum atomic E-state index is -0.600. The molecule has 1 atom stereocenters. The first kappa shape index (κ1) is 13.8. The molecule has 0 fully saturated rings. The number of hydrogen-bond acceptors (Lipinski definition) is 2. The van der Waals surface area contributed by atoms with Crippen molar-refractivity contribution >= 4 is 11.0 Å². The largest absolute Gasteiger partial charge is 0.459 e. The second kappa shape index (κ2) is 5.30. The molecular weight excluding hydrogens is 272 g/mol. The molecule has 3 rings (SSSR count). The summed E-state index contributed by atoms with van der Waals surface area (Å²) in [7, 11) is 1.73. The van der Waals surface area contributed by atoms with Crippen LogP contribution < -0.4 is 5.32 Å². The summed E-state index contributed by atoms with van der Waals surface area (Å²) < 4.78 is 32.6. The molecule has 108 valence electrons. The summed E-state index contributed by atoms with van der Waals surface area (Å²) >= 11 is 0. The Morgan fingerprint density at radius 1 is 1.00 bits per heavy atom. The smallest absolute Gasteiger partial charge is 0.134 e. The lowest BCUT2D eigenvalue weighted by Crippen LogP contribution is -2.17. The van der Waals surface area contributed by atoms with E-state index >= 15 is 0 Å². The van der Waals surface area contributed by atoms with Gasteiger partial charge < -0.3 is 9.73 Å². The van der Waals surface area contributed by atoms with Gasteiger partial charge in [0.05, 0.1) is 6.04 Å². The zero-order chi connectivity index (χ0) is 15.0. The first-order chi connectivity index (χ1) is 10.1. The van der Waals surface area contributed by atoms with Crippen molar-refractivity contribution in [3.05, 3.63) is 71.0 Å². The molecule has 1 aromatic heterocycles. The molecule has 3 aromatic rings. The number of halogens is 2. The number of furan rings is 1. The molecule has 0 radical (unpaired) electrons. The second-order valence-corrected chi connectivity index (χ2v) is 5.11. The van der Waals surface area contributed by atoms with Gasteiger partial charge in [0.1, 0.15) is 23.0 Å². The van der Waals surface area contributed by atoms with Gasteiger partial charge in [-0.05, 0) is 49.9 Å². The number of benzene rings is 2. The zero-order valence-electron chi connectivity index (χ0n) is 11.8. The molecule has 1 N–H and O–H groups in total. The highest BCUT2D eigenvalue weighted by Gasteiger charge is 2.18. The van der Waals surface area contributed by atoms with Crippen molar-refractivity contribution in [2.75, 3.05) is 7.05 Å². The fourth-order valence-corrected chi connectivity index (χ4v) is 2.54. The average Bonchev–Trinajstić information content (AvgIpc) is 2.81. The predicted molar refractivity (Wildman–Crippen MR) is 78.2 cm³/mol. The minimum absolute atomic E-state index is 0.400. The van der Waals surface area contributed by atoms with Crippen molar-refractivity contribution in [1.82, 2.24) is 5.32 Å². The van der Waals surface area contributed by atoms with Crippen molar-refractivity contribution in [3.63, 3.8) is 0 Å². The number of hydrogen-bond donors (Lipinski definition) is 1. The fourth-order valence-electron chi connectivity index (χ4n) is 2.54. The van der Waals surface area contributed by atoms with Crippen molar-refractivity contribution < 1.29 is 13.2 Å². The molecular formula is C17H15F2NO. The maximum atomic E-state index is 13.4. The lowest BCUT2D eigenvalue weighted by Gasteiger charge is -2.14. The van der Waals surface area contributed by atoms with Crippen LogP contribution >= 0.6 is 0 Å². The molecule has 0 saturated carbocycles. The van der Waals surface area contributed by atoms with Crippen LogP contribution in [0, 0.1) is 18.6 Å². The van der Waals surface area contributed by atoms with Gasteiger partial charge in [0, 0.05) is 11.5 Å². The molecule has 0 saturated heterocycles. The van der Waals surface area contributed by atoms with Crippen molar-refractivity contribution in [1.29, 1.82) is 0 Å². The number of nitrogens with one attached hydrogen (secondary N) is 1. The number of rotatable bonds is 3. The fraction of sp³-hybridized carbons (Fsp3) is 0.176. The monoisotopic (exact) mass is 287 g/mol. The molecule has 0 spiro atoms. The Hall–Kier alpha value is -2.20. The normalized spacial score (nSPS) is 12.8. The summed E-state index contributed by atoms with van der Waals surface area (Å²) in [5.41, 5.74) is 2.38. The molecule has 2 nitrogen and oxygen atoms in total. The van der Waals surface area contributed by atoms with Crippen LogP contribution in [0.3, 0.4) is 0 Å². The summed E-state index contributed by atoms with van der Waals surface area (Å²) in [5.74, 6) is -0.572. The van der Waals surface area contributed by atoms with E-state index in [-0.39, 0.29) is 0 Å². The first-order valence-electron chi connectivity index (χ1n) is 6.70. The van der Waals surface area contributed by atoms with Crippen molar-refractivity contribution in [3.8, 4) is 0 Å². The van der Waals surface area contributed by atoms with Crippen LogP contribution in [0.5, 0.6) is 0 Å². The number of aryl methyl sites for hydroxylation is 1. The minimum Gasteiger partial charge on any atom is -0.459 e. The predicted octanol–water partition coefficient (Wildman–Crippen LogP) is 4.33. The van der Waals surface area contributed by atoms with Gasteiger partial charge in [-0.15, -0.1) is 0 Å². The Bertz CT molecular complexity index is 774. The van der Waals surface area contributed by atoms with Crippen LogP contribution in [0.2, 0.25) is 0 Å². The van der Waals surface area contributed by atoms with E-state index in [1.807, 2.05) is 31.2 Å². The number of fused-ring (bicyclic) bond motifs is 1. The molecule has 0 aliphatic rings. The molecule has 0 aliphatic carbocycles. The third-order valence-electron chi connectivity index (χ3n) is 3.48. The Labute approximate surface area is 121 Å². The molecule has 4 heteroatoms. The topological polar surface area (TPSA) is 25.2 Å². The van der Waals surface area contributed by atoms with Crippen LogP contribution in [0.1, 0.15) is 22.9 Å². The Morgan fingerprint density at radius 3 is 2.38 bits per heavy atom. The Balaban J connectivity index is 2.08. The highest BCUT2D eigenvalue weighted by Crippen LogP contribution is 2.29. The lowest BCUT2D eigenvalue weighted by atomic mass is 10.0. The van der Waals surface area contributed by atoms with Gasteiger partial charge >= 0.3 is 0 Å². The molecule has 1 heterocycles. The van der Waals surface area contributed by atoms with Crippen molar-refractivity contribution in [2.24, 2.45) is 0 Å². The molecule has 0 bridgehead atoms. The molecule has 0 aliphatic heterocycles. The maximum absolute atomic E-state index is 13.4. The van der Waals surface area contributed by atoms with Crippen molar-refractivity contribution in [2.45, 2.75) is 13.0 Å². The second-order valence-electron chi connectivity index (χ2n) is 5.11. The van der Waals surface area contributed by atoms with E-state index in [0.717, 1.165) is 22.6 Å². The van der Waals surface area contributed by atoms with Gasteiger partial charge in [-0.3, -0.25) is 0 Å². The van der Waals surface area contributed by atoms with E-state index in [4.69, 9.17) is 4.42 Å². The highest BCUT2D eigenvalue weighted by molar-refractivity contribution is 5.78. The molecule has 0 amide bonds. The van der Waals surface area contributed by atoms with Crippen LogP contribution in [0.25, 0.3) is 11.0 Å². The van der Waals surface area contributed by atoms with Crippen LogP contribution in [-0.4, -0.2) is 7.05 Å². The molecule has 21 heavy (non-hydrogen) atoms. The van der Waals surface area contributed by atoms with Gasteiger partial charge in [-0.25, -0.2) is 8.78 Å². The van der Waals surface area contributed by atoms with Crippen LogP contribution in [0.4, 0.5) is 8.78 Å². The van der Waals surface area contributed by atoms with E-state index in [1.165, 1.54) is 12.1 Å². The summed E-state index contributed by atoms with van der Waals surface area (Å²) in [6, 6.07) is 10.8. The van der Waals surface area contributed by atoms with E-state index in [9.17, 15) is 8.78 Å². The Kier molecular flexibility index (Phi) is 3.47. The van der Waals surface area contributed by atoms with Gasteiger partial charge in [-0.2, -0.15) is 0 Å². The average molecular weight is 287 g/mol. The van der Waals surface area contributed by atoms with Gasteiger partial charge in [0.2, 0.25) is 0 Å². The van der Waals surface area contributed by atoms with E-state index in [2.05, 4.69) is 5.32 Å². The Morgan fingerprint density at radius 2 is 1.71 bits per heavy atom. The van der Waals surface area contributed by atoms with Gasteiger partial charge in [-0.1, -0.05) is 11.6 Å². The summed E-state index contributed by atoms with van der Waals surface area (Å²) in [6.07, 6.45) is 0. The zero-order valence-corrected chi connectivity index (χ0v) is 11.8. The SMILES string of the molecule is CNC(c1cc(F)cc(F)c1)c1cc2cc(C)ccc2o1. The quantitative estimate of drug-likeness (QED) is 0.775. The lowest BCUT2D eigenvalue weighted by molar-refractivity contribution is 0.487. The third kappa shape index (κ3) is 2.67. The molecule has 2 aromatic carbocycles. The standard InChI is InChI=1S/C17H15F2NO/c1-10-3-4-15-11(5-10)8-16(21-15)17(20-2)12-6-13(18)9-14(19)7-12/h3-9,17,20H,1-2H3. The highest BCUT2D eigenvalue weighted by atomic mass is 19.1. The van der Waals surface area contributed by atoms with E-state index in [0.29, 0.717) is 11.3 Å². The summed E-state index contributed by atoms with van der Waals surface area (Å²) in [4.78, 5) is 0. The van der Waals surface area contributed by atoms with Crippen LogP contribution in [-0.2, 0) is 0 Å². The van der Waals surface area contributed by atoms with Crippen LogP contribution in [0.15, 0.2) is 46.9 Å². The van der Waals surface area contributed by atoms with Gasteiger partial charge in [0.15, 0.2) is 0 Å². The van der Waals surface area contributed by atoms with E-state index < -0.39 is 17.7 Å². The third-order valence-corrected chi connectivity index (χ3v) is 3.48. The molecule has 1 unspecified atom stereocenters.